The molecule has 0 spiro atoms. The predicted molar refractivity (Wildman–Crippen MR) is 96.2 cm³/mol. The zero-order chi connectivity index (χ0) is 18.1. The summed E-state index contributed by atoms with van der Waals surface area (Å²) in [6.07, 6.45) is 1.56. The molecule has 0 saturated carbocycles. The minimum Gasteiger partial charge on any atom is -0.497 e. The fraction of sp³-hybridized carbons (Fsp3) is 0.389. The zero-order valence-corrected chi connectivity index (χ0v) is 14.8. The maximum atomic E-state index is 12.0. The molecule has 2 N–H and O–H groups in total. The Kier molecular flexibility index (Phi) is 7.00. The van der Waals surface area contributed by atoms with Gasteiger partial charge >= 0.3 is 0 Å². The molecule has 134 valence electrons. The lowest BCUT2D eigenvalue weighted by Gasteiger charge is -2.10. The summed E-state index contributed by atoms with van der Waals surface area (Å²) >= 11 is 0. The number of aromatic nitrogens is 2. The van der Waals surface area contributed by atoms with Crippen molar-refractivity contribution >= 4 is 11.9 Å². The summed E-state index contributed by atoms with van der Waals surface area (Å²) in [6, 6.07) is 8.95. The van der Waals surface area contributed by atoms with Gasteiger partial charge in [-0.15, -0.1) is 0 Å². The first-order valence-electron chi connectivity index (χ1n) is 8.20. The Morgan fingerprint density at radius 3 is 2.56 bits per heavy atom. The fourth-order valence-corrected chi connectivity index (χ4v) is 1.96. The summed E-state index contributed by atoms with van der Waals surface area (Å²) in [5.41, 5.74) is 0.342. The fourth-order valence-electron chi connectivity index (χ4n) is 1.96. The number of rotatable bonds is 9. The molecule has 0 bridgehead atoms. The molecule has 0 unspecified atom stereocenters. The molecule has 2 aromatic rings. The molecule has 0 aliphatic rings. The summed E-state index contributed by atoms with van der Waals surface area (Å²) in [7, 11) is 1.62. The van der Waals surface area contributed by atoms with Gasteiger partial charge in [-0.05, 0) is 36.2 Å². The molecule has 7 heteroatoms. The van der Waals surface area contributed by atoms with Crippen molar-refractivity contribution in [1.29, 1.82) is 0 Å². The highest BCUT2D eigenvalue weighted by molar-refractivity contribution is 5.92. The minimum absolute atomic E-state index is 0.200. The minimum atomic E-state index is -0.200. The Morgan fingerprint density at radius 2 is 1.88 bits per heavy atom. The van der Waals surface area contributed by atoms with Crippen LogP contribution in [0.1, 0.15) is 24.3 Å². The number of ether oxygens (including phenoxy) is 2. The van der Waals surface area contributed by atoms with Gasteiger partial charge in [0.15, 0.2) is 0 Å². The molecule has 0 atom stereocenters. The average molecular weight is 344 g/mol. The largest absolute Gasteiger partial charge is 0.497 e. The highest BCUT2D eigenvalue weighted by atomic mass is 16.5. The first-order chi connectivity index (χ1) is 12.1. The van der Waals surface area contributed by atoms with Crippen LogP contribution in [0.15, 0.2) is 36.5 Å². The Bertz CT molecular complexity index is 674. The van der Waals surface area contributed by atoms with E-state index in [1.807, 2.05) is 38.1 Å². The molecule has 0 aliphatic carbocycles. The van der Waals surface area contributed by atoms with E-state index >= 15 is 0 Å². The molecule has 25 heavy (non-hydrogen) atoms. The number of carbonyl (C=O) groups is 1. The summed E-state index contributed by atoms with van der Waals surface area (Å²) < 4.78 is 10.7. The van der Waals surface area contributed by atoms with Crippen LogP contribution in [-0.4, -0.2) is 42.7 Å². The molecule has 7 nitrogen and oxygen atoms in total. The molecule has 1 aromatic heterocycles. The predicted octanol–water partition coefficient (Wildman–Crippen LogP) is 2.36. The van der Waals surface area contributed by atoms with Crippen LogP contribution in [0.5, 0.6) is 11.5 Å². The number of hydrogen-bond donors (Lipinski definition) is 2. The van der Waals surface area contributed by atoms with Gasteiger partial charge in [-0.2, -0.15) is 0 Å². The quantitative estimate of drug-likeness (QED) is 0.679. The van der Waals surface area contributed by atoms with Gasteiger partial charge < -0.3 is 20.1 Å². The van der Waals surface area contributed by atoms with E-state index in [1.165, 1.54) is 0 Å². The molecule has 0 fully saturated rings. The van der Waals surface area contributed by atoms with Crippen LogP contribution in [0, 0.1) is 5.92 Å². The maximum Gasteiger partial charge on any atom is 0.270 e. The number of anilines is 1. The van der Waals surface area contributed by atoms with Crippen LogP contribution in [0.3, 0.4) is 0 Å². The number of nitrogens with one attached hydrogen (secondary N) is 2. The maximum absolute atomic E-state index is 12.0. The number of nitrogens with zero attached hydrogens (tertiary/aromatic N) is 2. The molecular weight excluding hydrogens is 320 g/mol. The van der Waals surface area contributed by atoms with Gasteiger partial charge in [-0.25, -0.2) is 9.97 Å². The molecule has 0 radical (unpaired) electrons. The monoisotopic (exact) mass is 344 g/mol. The van der Waals surface area contributed by atoms with Crippen molar-refractivity contribution in [1.82, 2.24) is 15.3 Å². The Morgan fingerprint density at radius 1 is 1.16 bits per heavy atom. The number of carbonyl (C=O) groups excluding carboxylic acids is 1. The van der Waals surface area contributed by atoms with E-state index in [9.17, 15) is 4.79 Å². The van der Waals surface area contributed by atoms with Crippen molar-refractivity contribution in [3.05, 3.63) is 42.2 Å². The molecular formula is C18H24N4O3. The lowest BCUT2D eigenvalue weighted by Crippen LogP contribution is -2.28. The van der Waals surface area contributed by atoms with Crippen LogP contribution in [0.25, 0.3) is 0 Å². The molecule has 1 aromatic carbocycles. The summed E-state index contributed by atoms with van der Waals surface area (Å²) in [5, 5.41) is 5.88. The van der Waals surface area contributed by atoms with Crippen LogP contribution < -0.4 is 20.1 Å². The summed E-state index contributed by atoms with van der Waals surface area (Å²) in [5.74, 6) is 2.12. The van der Waals surface area contributed by atoms with E-state index in [4.69, 9.17) is 9.47 Å². The van der Waals surface area contributed by atoms with E-state index in [0.29, 0.717) is 37.3 Å². The Hall–Kier alpha value is -2.83. The van der Waals surface area contributed by atoms with Gasteiger partial charge in [-0.3, -0.25) is 4.79 Å². The van der Waals surface area contributed by atoms with Crippen LogP contribution in [0.4, 0.5) is 5.95 Å². The highest BCUT2D eigenvalue weighted by Crippen LogP contribution is 2.16. The van der Waals surface area contributed by atoms with Gasteiger partial charge in [-0.1, -0.05) is 13.8 Å². The third-order valence-corrected chi connectivity index (χ3v) is 3.27. The Labute approximate surface area is 147 Å². The molecule has 2 rings (SSSR count). The Balaban J connectivity index is 1.78. The SMILES string of the molecule is COc1ccc(OCCNc2nccc(C(=O)NCC(C)C)n2)cc1. The van der Waals surface area contributed by atoms with E-state index < -0.39 is 0 Å². The second-order valence-corrected chi connectivity index (χ2v) is 5.82. The van der Waals surface area contributed by atoms with Gasteiger partial charge in [0.2, 0.25) is 5.95 Å². The second-order valence-electron chi connectivity index (χ2n) is 5.82. The average Bonchev–Trinajstić information content (AvgIpc) is 2.64. The molecule has 0 saturated heterocycles. The number of amides is 1. The standard InChI is InChI=1S/C18H24N4O3/c1-13(2)12-21-17(23)16-8-9-19-18(22-16)20-10-11-25-15-6-4-14(24-3)5-7-15/h4-9,13H,10-12H2,1-3H3,(H,21,23)(H,19,20,22). The van der Waals surface area contributed by atoms with Crippen molar-refractivity contribution in [3.63, 3.8) is 0 Å². The lowest BCUT2D eigenvalue weighted by atomic mass is 10.2. The van der Waals surface area contributed by atoms with Crippen LogP contribution in [0.2, 0.25) is 0 Å². The van der Waals surface area contributed by atoms with Crippen molar-refractivity contribution < 1.29 is 14.3 Å². The highest BCUT2D eigenvalue weighted by Gasteiger charge is 2.08. The van der Waals surface area contributed by atoms with E-state index in [-0.39, 0.29) is 5.91 Å². The van der Waals surface area contributed by atoms with Gasteiger partial charge in [0.1, 0.15) is 23.8 Å². The zero-order valence-electron chi connectivity index (χ0n) is 14.8. The summed E-state index contributed by atoms with van der Waals surface area (Å²) in [4.78, 5) is 20.3. The van der Waals surface area contributed by atoms with E-state index in [2.05, 4.69) is 20.6 Å². The lowest BCUT2D eigenvalue weighted by molar-refractivity contribution is 0.0944. The molecule has 1 amide bonds. The van der Waals surface area contributed by atoms with Gasteiger partial charge in [0.25, 0.3) is 5.91 Å². The van der Waals surface area contributed by atoms with E-state index in [0.717, 1.165) is 11.5 Å². The number of benzene rings is 1. The van der Waals surface area contributed by atoms with Crippen molar-refractivity contribution in [2.75, 3.05) is 32.1 Å². The second kappa shape index (κ2) is 9.46. The molecule has 1 heterocycles. The first kappa shape index (κ1) is 18.5. The summed E-state index contributed by atoms with van der Waals surface area (Å²) in [6.45, 7) is 5.65. The van der Waals surface area contributed by atoms with Crippen molar-refractivity contribution in [3.8, 4) is 11.5 Å². The van der Waals surface area contributed by atoms with E-state index in [1.54, 1.807) is 19.4 Å². The van der Waals surface area contributed by atoms with Crippen molar-refractivity contribution in [2.45, 2.75) is 13.8 Å². The van der Waals surface area contributed by atoms with Gasteiger partial charge in [0.05, 0.1) is 13.7 Å². The normalized spacial score (nSPS) is 10.4. The first-order valence-corrected chi connectivity index (χ1v) is 8.20. The molecule has 0 aliphatic heterocycles. The third-order valence-electron chi connectivity index (χ3n) is 3.27. The van der Waals surface area contributed by atoms with Gasteiger partial charge in [0, 0.05) is 12.7 Å². The topological polar surface area (TPSA) is 85.4 Å². The van der Waals surface area contributed by atoms with Crippen LogP contribution >= 0.6 is 0 Å². The van der Waals surface area contributed by atoms with Crippen molar-refractivity contribution in [2.24, 2.45) is 5.92 Å². The number of methoxy groups -OCH3 is 1. The van der Waals surface area contributed by atoms with Crippen LogP contribution in [-0.2, 0) is 0 Å². The smallest absolute Gasteiger partial charge is 0.270 e. The third kappa shape index (κ3) is 6.29. The number of hydrogen-bond acceptors (Lipinski definition) is 6.